The fraction of sp³-hybridized carbons (Fsp3) is 0.235. The molecule has 0 heterocycles. The van der Waals surface area contributed by atoms with Crippen LogP contribution in [0.25, 0.3) is 0 Å². The van der Waals surface area contributed by atoms with Gasteiger partial charge in [-0.1, -0.05) is 90.8 Å². The monoisotopic (exact) mass is 667 g/mol. The molecular weight excluding hydrogens is 633 g/mol. The number of nitrogens with one attached hydrogen (secondary N) is 1. The number of anilines is 1. The van der Waals surface area contributed by atoms with Gasteiger partial charge < -0.3 is 15.0 Å². The number of ether oxygens (including phenoxy) is 1. The molecule has 11 heteroatoms. The minimum Gasteiger partial charge on any atom is -0.497 e. The molecule has 4 aromatic rings. The number of nitrogens with zero attached hydrogens (tertiary/aromatic N) is 2. The normalized spacial score (nSPS) is 11.8. The fourth-order valence-electron chi connectivity index (χ4n) is 4.80. The maximum Gasteiger partial charge on any atom is 0.264 e. The van der Waals surface area contributed by atoms with Crippen LogP contribution in [0.3, 0.4) is 0 Å². The van der Waals surface area contributed by atoms with Crippen LogP contribution in [0.5, 0.6) is 5.75 Å². The average molecular weight is 669 g/mol. The smallest absolute Gasteiger partial charge is 0.264 e. The largest absolute Gasteiger partial charge is 0.497 e. The van der Waals surface area contributed by atoms with Gasteiger partial charge in [0.05, 0.1) is 22.7 Å². The molecule has 0 aliphatic rings. The summed E-state index contributed by atoms with van der Waals surface area (Å²) < 4.78 is 34.5. The lowest BCUT2D eigenvalue weighted by atomic mass is 10.0. The van der Waals surface area contributed by atoms with Crippen LogP contribution in [0.2, 0.25) is 10.0 Å². The van der Waals surface area contributed by atoms with Crippen molar-refractivity contribution >= 4 is 50.7 Å². The van der Waals surface area contributed by atoms with Gasteiger partial charge in [-0.15, -0.1) is 0 Å². The van der Waals surface area contributed by atoms with Gasteiger partial charge in [0, 0.05) is 24.5 Å². The molecule has 0 aliphatic carbocycles. The maximum absolute atomic E-state index is 14.5. The predicted octanol–water partition coefficient (Wildman–Crippen LogP) is 6.36. The van der Waals surface area contributed by atoms with E-state index in [1.165, 1.54) is 35.2 Å². The highest BCUT2D eigenvalue weighted by molar-refractivity contribution is 7.92. The molecule has 1 N–H and O–H groups in total. The molecule has 0 aromatic heterocycles. The standard InChI is InChI=1S/C34H35Cl2N3O5S/c1-3-19-37-34(41)32(21-25-11-6-4-7-12-25)38(23-26-13-10-14-28(20-26)44-2)33(40)24-39(31-22-27(35)17-18-30(31)36)45(42,43)29-15-8-5-9-16-29/h4-18,20,22,32H,3,19,21,23-24H2,1-2H3,(H,37,41)/t32-/m0/s1. The molecule has 4 aromatic carbocycles. The Hall–Kier alpha value is -4.05. The first-order valence-electron chi connectivity index (χ1n) is 14.4. The van der Waals surface area contributed by atoms with Crippen LogP contribution >= 0.6 is 23.2 Å². The van der Waals surface area contributed by atoms with Crippen molar-refractivity contribution in [1.82, 2.24) is 10.2 Å². The third kappa shape index (κ3) is 8.78. The first kappa shape index (κ1) is 33.8. The molecule has 0 saturated heterocycles. The second-order valence-electron chi connectivity index (χ2n) is 10.3. The summed E-state index contributed by atoms with van der Waals surface area (Å²) in [5, 5.41) is 3.26. The number of carbonyl (C=O) groups excluding carboxylic acids is 2. The zero-order valence-corrected chi connectivity index (χ0v) is 27.4. The van der Waals surface area contributed by atoms with Crippen LogP contribution in [0.1, 0.15) is 24.5 Å². The molecule has 2 amide bonds. The van der Waals surface area contributed by atoms with E-state index in [-0.39, 0.29) is 39.5 Å². The zero-order chi connectivity index (χ0) is 32.4. The second kappa shape index (κ2) is 15.8. The number of rotatable bonds is 14. The van der Waals surface area contributed by atoms with Crippen LogP contribution in [0.15, 0.2) is 108 Å². The van der Waals surface area contributed by atoms with Crippen LogP contribution < -0.4 is 14.4 Å². The molecule has 0 spiro atoms. The summed E-state index contributed by atoms with van der Waals surface area (Å²) in [6.07, 6.45) is 0.902. The molecular formula is C34H35Cl2N3O5S. The number of methoxy groups -OCH3 is 1. The Kier molecular flexibility index (Phi) is 11.9. The Morgan fingerprint density at radius 2 is 1.53 bits per heavy atom. The molecule has 0 fully saturated rings. The Bertz CT molecular complexity index is 1710. The number of amides is 2. The quantitative estimate of drug-likeness (QED) is 0.169. The highest BCUT2D eigenvalue weighted by Crippen LogP contribution is 2.33. The highest BCUT2D eigenvalue weighted by Gasteiger charge is 2.35. The number of benzene rings is 4. The lowest BCUT2D eigenvalue weighted by Crippen LogP contribution is -2.53. The molecule has 8 nitrogen and oxygen atoms in total. The van der Waals surface area contributed by atoms with Gasteiger partial charge in [0.15, 0.2) is 0 Å². The van der Waals surface area contributed by atoms with Crippen molar-refractivity contribution in [2.75, 3.05) is 24.5 Å². The summed E-state index contributed by atoms with van der Waals surface area (Å²) in [7, 11) is -2.76. The third-order valence-corrected chi connectivity index (χ3v) is 9.42. The molecule has 0 aliphatic heterocycles. The van der Waals surface area contributed by atoms with Gasteiger partial charge in [0.1, 0.15) is 18.3 Å². The van der Waals surface area contributed by atoms with E-state index in [2.05, 4.69) is 5.32 Å². The number of sulfonamides is 1. The first-order valence-corrected chi connectivity index (χ1v) is 16.6. The topological polar surface area (TPSA) is 96.0 Å². The Morgan fingerprint density at radius 1 is 0.867 bits per heavy atom. The Labute approximate surface area is 274 Å². The van der Waals surface area contributed by atoms with Crippen LogP contribution in [0.4, 0.5) is 5.69 Å². The third-order valence-electron chi connectivity index (χ3n) is 7.09. The van der Waals surface area contributed by atoms with Crippen molar-refractivity contribution in [3.8, 4) is 5.75 Å². The fourth-order valence-corrected chi connectivity index (χ4v) is 6.68. The zero-order valence-electron chi connectivity index (χ0n) is 25.0. The van der Waals surface area contributed by atoms with Crippen molar-refractivity contribution < 1.29 is 22.7 Å². The molecule has 236 valence electrons. The summed E-state index contributed by atoms with van der Waals surface area (Å²) in [4.78, 5) is 29.6. The molecule has 45 heavy (non-hydrogen) atoms. The summed E-state index contributed by atoms with van der Waals surface area (Å²) >= 11 is 12.8. The molecule has 0 radical (unpaired) electrons. The van der Waals surface area contributed by atoms with Gasteiger partial charge in [0.2, 0.25) is 11.8 Å². The van der Waals surface area contributed by atoms with E-state index in [0.717, 1.165) is 9.87 Å². The van der Waals surface area contributed by atoms with E-state index in [4.69, 9.17) is 27.9 Å². The lowest BCUT2D eigenvalue weighted by Gasteiger charge is -2.34. The van der Waals surface area contributed by atoms with E-state index in [0.29, 0.717) is 24.3 Å². The predicted molar refractivity (Wildman–Crippen MR) is 178 cm³/mol. The molecule has 0 bridgehead atoms. The first-order chi connectivity index (χ1) is 21.6. The van der Waals surface area contributed by atoms with Crippen molar-refractivity contribution in [3.05, 3.63) is 124 Å². The van der Waals surface area contributed by atoms with Crippen molar-refractivity contribution in [1.29, 1.82) is 0 Å². The SMILES string of the molecule is CCCNC(=O)[C@H](Cc1ccccc1)N(Cc1cccc(OC)c1)C(=O)CN(c1cc(Cl)ccc1Cl)S(=O)(=O)c1ccccc1. The number of hydrogen-bond acceptors (Lipinski definition) is 5. The summed E-state index contributed by atoms with van der Waals surface area (Å²) in [6, 6.07) is 27.7. The van der Waals surface area contributed by atoms with Gasteiger partial charge in [0.25, 0.3) is 10.0 Å². The molecule has 0 saturated carbocycles. The van der Waals surface area contributed by atoms with Crippen molar-refractivity contribution in [3.63, 3.8) is 0 Å². The van der Waals surface area contributed by atoms with Gasteiger partial charge in [-0.3, -0.25) is 13.9 Å². The minimum absolute atomic E-state index is 0.00951. The minimum atomic E-state index is -4.30. The van der Waals surface area contributed by atoms with E-state index >= 15 is 0 Å². The van der Waals surface area contributed by atoms with Crippen LogP contribution in [0, 0.1) is 0 Å². The molecule has 1 atom stereocenters. The van der Waals surface area contributed by atoms with Crippen LogP contribution in [-0.2, 0) is 32.6 Å². The number of carbonyl (C=O) groups is 2. The van der Waals surface area contributed by atoms with E-state index in [1.54, 1.807) is 43.5 Å². The summed E-state index contributed by atoms with van der Waals surface area (Å²) in [6.45, 7) is 1.72. The second-order valence-corrected chi connectivity index (χ2v) is 13.0. The van der Waals surface area contributed by atoms with E-state index < -0.39 is 28.5 Å². The average Bonchev–Trinajstić information content (AvgIpc) is 3.06. The number of hydrogen-bond donors (Lipinski definition) is 1. The van der Waals surface area contributed by atoms with Crippen molar-refractivity contribution in [2.45, 2.75) is 37.2 Å². The van der Waals surface area contributed by atoms with Crippen LogP contribution in [-0.4, -0.2) is 51.4 Å². The molecule has 4 rings (SSSR count). The Balaban J connectivity index is 1.83. The van der Waals surface area contributed by atoms with Gasteiger partial charge in [-0.2, -0.15) is 0 Å². The van der Waals surface area contributed by atoms with Crippen molar-refractivity contribution in [2.24, 2.45) is 0 Å². The summed E-state index contributed by atoms with van der Waals surface area (Å²) in [5.74, 6) is -0.384. The molecule has 0 unspecified atom stereocenters. The highest BCUT2D eigenvalue weighted by atomic mass is 35.5. The Morgan fingerprint density at radius 3 is 2.20 bits per heavy atom. The van der Waals surface area contributed by atoms with Gasteiger partial charge in [-0.05, 0) is 60.0 Å². The van der Waals surface area contributed by atoms with E-state index in [1.807, 2.05) is 43.3 Å². The number of halogens is 2. The van der Waals surface area contributed by atoms with E-state index in [9.17, 15) is 18.0 Å². The summed E-state index contributed by atoms with van der Waals surface area (Å²) in [5.41, 5.74) is 1.57. The maximum atomic E-state index is 14.5. The van der Waals surface area contributed by atoms with Gasteiger partial charge >= 0.3 is 0 Å². The lowest BCUT2D eigenvalue weighted by molar-refractivity contribution is -0.140. The van der Waals surface area contributed by atoms with Gasteiger partial charge in [-0.25, -0.2) is 8.42 Å².